The van der Waals surface area contributed by atoms with Crippen LogP contribution in [-0.2, 0) is 9.53 Å². The van der Waals surface area contributed by atoms with Gasteiger partial charge in [-0.2, -0.15) is 0 Å². The van der Waals surface area contributed by atoms with E-state index in [0.29, 0.717) is 36.8 Å². The zero-order valence-corrected chi connectivity index (χ0v) is 14.2. The molecule has 0 aromatic heterocycles. The predicted octanol–water partition coefficient (Wildman–Crippen LogP) is 3.03. The van der Waals surface area contributed by atoms with Gasteiger partial charge in [0.2, 0.25) is 5.91 Å². The van der Waals surface area contributed by atoms with E-state index in [-0.39, 0.29) is 10.9 Å². The average Bonchev–Trinajstić information content (AvgIpc) is 3.35. The number of hydrogen-bond acceptors (Lipinski definition) is 3. The fraction of sp³-hybridized carbons (Fsp3) is 0.562. The Morgan fingerprint density at radius 1 is 1.35 bits per heavy atom. The molecule has 7 heteroatoms. The summed E-state index contributed by atoms with van der Waals surface area (Å²) in [5.41, 5.74) is 0.525. The van der Waals surface area contributed by atoms with E-state index in [0.717, 1.165) is 12.5 Å². The minimum atomic E-state index is -0.538. The van der Waals surface area contributed by atoms with Crippen LogP contribution in [0.5, 0.6) is 0 Å². The van der Waals surface area contributed by atoms with E-state index in [4.69, 9.17) is 27.9 Å². The molecular weight excluding hydrogens is 342 g/mol. The Labute approximate surface area is 144 Å². The summed E-state index contributed by atoms with van der Waals surface area (Å²) in [5, 5.41) is 3.52. The summed E-state index contributed by atoms with van der Waals surface area (Å²) in [7, 11) is 0. The second-order valence-corrected chi connectivity index (χ2v) is 6.88. The number of ether oxygens (including phenoxy) is 1. The second kappa shape index (κ2) is 7.34. The third kappa shape index (κ3) is 4.35. The minimum absolute atomic E-state index is 0.0215. The normalized spacial score (nSPS) is 21.5. The van der Waals surface area contributed by atoms with E-state index in [1.807, 2.05) is 0 Å². The molecule has 0 bridgehead atoms. The molecule has 1 heterocycles. The average molecular weight is 361 g/mol. The highest BCUT2D eigenvalue weighted by Gasteiger charge is 2.28. The zero-order chi connectivity index (χ0) is 16.4. The predicted molar refractivity (Wildman–Crippen MR) is 87.3 cm³/mol. The van der Waals surface area contributed by atoms with Crippen molar-refractivity contribution in [2.45, 2.75) is 18.9 Å². The number of morpholine rings is 1. The summed E-state index contributed by atoms with van der Waals surface area (Å²) in [4.78, 5) is 14.0. The topological polar surface area (TPSA) is 41.6 Å². The smallest absolute Gasteiger partial charge is 0.236 e. The van der Waals surface area contributed by atoms with E-state index < -0.39 is 11.9 Å². The van der Waals surface area contributed by atoms with Crippen LogP contribution in [0.15, 0.2) is 12.1 Å². The van der Waals surface area contributed by atoms with Gasteiger partial charge in [-0.15, -0.1) is 0 Å². The molecule has 2 aliphatic rings. The third-order valence-corrected chi connectivity index (χ3v) is 4.83. The maximum atomic E-state index is 13.7. The molecule has 1 saturated carbocycles. The maximum Gasteiger partial charge on any atom is 0.236 e. The van der Waals surface area contributed by atoms with Crippen LogP contribution in [0.2, 0.25) is 10.0 Å². The van der Waals surface area contributed by atoms with Gasteiger partial charge in [0.1, 0.15) is 11.9 Å². The minimum Gasteiger partial charge on any atom is -0.370 e. The number of nitrogens with zero attached hydrogens (tertiary/aromatic N) is 1. The van der Waals surface area contributed by atoms with Gasteiger partial charge in [-0.3, -0.25) is 4.79 Å². The van der Waals surface area contributed by atoms with Gasteiger partial charge in [0.25, 0.3) is 0 Å². The number of amides is 1. The van der Waals surface area contributed by atoms with Crippen LogP contribution in [0, 0.1) is 11.7 Å². The molecule has 1 amide bonds. The number of nitrogens with one attached hydrogen (secondary N) is 1. The van der Waals surface area contributed by atoms with Crippen LogP contribution in [0.4, 0.5) is 4.39 Å². The van der Waals surface area contributed by atoms with E-state index in [2.05, 4.69) is 5.32 Å². The number of benzene rings is 1. The molecule has 3 rings (SSSR count). The molecule has 1 aliphatic heterocycles. The molecule has 4 nitrogen and oxygen atoms in total. The number of carbonyl (C=O) groups excluding carboxylic acids is 1. The van der Waals surface area contributed by atoms with Gasteiger partial charge in [0, 0.05) is 17.1 Å². The Bertz CT molecular complexity index is 596. The Morgan fingerprint density at radius 3 is 2.87 bits per heavy atom. The molecule has 1 aromatic carbocycles. The van der Waals surface area contributed by atoms with Crippen LogP contribution in [-0.4, -0.2) is 43.6 Å². The van der Waals surface area contributed by atoms with E-state index >= 15 is 0 Å². The number of carbonyl (C=O) groups is 1. The van der Waals surface area contributed by atoms with Crippen LogP contribution >= 0.6 is 23.2 Å². The van der Waals surface area contributed by atoms with Crippen LogP contribution in [0.1, 0.15) is 24.5 Å². The molecule has 1 atom stereocenters. The summed E-state index contributed by atoms with van der Waals surface area (Å²) in [5.74, 6) is 0.227. The summed E-state index contributed by atoms with van der Waals surface area (Å²) in [6.07, 6.45) is 2.07. The van der Waals surface area contributed by atoms with E-state index in [1.54, 1.807) is 4.90 Å². The summed E-state index contributed by atoms with van der Waals surface area (Å²) < 4.78 is 19.3. The number of rotatable bonds is 5. The third-order valence-electron chi connectivity index (χ3n) is 4.21. The quantitative estimate of drug-likeness (QED) is 0.820. The fourth-order valence-corrected chi connectivity index (χ4v) is 3.17. The van der Waals surface area contributed by atoms with E-state index in [1.165, 1.54) is 25.0 Å². The molecule has 2 fully saturated rings. The summed E-state index contributed by atoms with van der Waals surface area (Å²) in [6.45, 7) is 2.53. The lowest BCUT2D eigenvalue weighted by atomic mass is 10.1. The fourth-order valence-electron chi connectivity index (χ4n) is 2.67. The Balaban J connectivity index is 1.61. The van der Waals surface area contributed by atoms with Gasteiger partial charge in [0.05, 0.1) is 24.7 Å². The van der Waals surface area contributed by atoms with Gasteiger partial charge in [-0.25, -0.2) is 4.39 Å². The first-order valence-electron chi connectivity index (χ1n) is 7.79. The second-order valence-electron chi connectivity index (χ2n) is 6.06. The summed E-state index contributed by atoms with van der Waals surface area (Å²) in [6, 6.07) is 2.66. The van der Waals surface area contributed by atoms with Crippen LogP contribution in [0.25, 0.3) is 0 Å². The van der Waals surface area contributed by atoms with Gasteiger partial charge in [-0.1, -0.05) is 23.2 Å². The molecule has 1 saturated heterocycles. The first-order valence-corrected chi connectivity index (χ1v) is 8.54. The molecule has 1 aliphatic carbocycles. The van der Waals surface area contributed by atoms with Crippen molar-refractivity contribution in [3.63, 3.8) is 0 Å². The van der Waals surface area contributed by atoms with Crippen LogP contribution < -0.4 is 5.32 Å². The van der Waals surface area contributed by atoms with Gasteiger partial charge < -0.3 is 15.0 Å². The van der Waals surface area contributed by atoms with Crippen LogP contribution in [0.3, 0.4) is 0 Å². The first kappa shape index (κ1) is 17.0. The highest BCUT2D eigenvalue weighted by atomic mass is 35.5. The van der Waals surface area contributed by atoms with Crippen molar-refractivity contribution in [2.24, 2.45) is 5.92 Å². The Hall–Kier alpha value is -0.880. The number of hydrogen-bond donors (Lipinski definition) is 1. The van der Waals surface area contributed by atoms with Gasteiger partial charge >= 0.3 is 0 Å². The molecule has 126 valence electrons. The highest BCUT2D eigenvalue weighted by Crippen LogP contribution is 2.32. The van der Waals surface area contributed by atoms with Gasteiger partial charge in [0.15, 0.2) is 0 Å². The lowest BCUT2D eigenvalue weighted by Crippen LogP contribution is -2.46. The van der Waals surface area contributed by atoms with Crippen molar-refractivity contribution >= 4 is 29.1 Å². The standard InChI is InChI=1S/C16H19Cl2FN2O2/c17-12-6-13(18)14(19)5-11(12)15-9-21(3-4-23-15)16(22)8-20-7-10-1-2-10/h5-6,10,15,20H,1-4,7-9H2. The maximum absolute atomic E-state index is 13.7. The lowest BCUT2D eigenvalue weighted by Gasteiger charge is -2.33. The lowest BCUT2D eigenvalue weighted by molar-refractivity contribution is -0.138. The molecule has 1 N–H and O–H groups in total. The van der Waals surface area contributed by atoms with Crippen molar-refractivity contribution in [2.75, 3.05) is 32.8 Å². The molecule has 23 heavy (non-hydrogen) atoms. The largest absolute Gasteiger partial charge is 0.370 e. The molecule has 1 aromatic rings. The monoisotopic (exact) mass is 360 g/mol. The molecule has 0 spiro atoms. The summed E-state index contributed by atoms with van der Waals surface area (Å²) >= 11 is 11.9. The molecular formula is C16H19Cl2FN2O2. The Kier molecular flexibility index (Phi) is 5.42. The SMILES string of the molecule is O=C(CNCC1CC1)N1CCOC(c2cc(F)c(Cl)cc2Cl)C1. The zero-order valence-electron chi connectivity index (χ0n) is 12.7. The molecule has 0 radical (unpaired) electrons. The van der Waals surface area contributed by atoms with Crippen molar-refractivity contribution in [1.82, 2.24) is 10.2 Å². The Morgan fingerprint density at radius 2 is 2.13 bits per heavy atom. The number of halogens is 3. The van der Waals surface area contributed by atoms with Crippen molar-refractivity contribution in [3.05, 3.63) is 33.6 Å². The van der Waals surface area contributed by atoms with Crippen molar-refractivity contribution < 1.29 is 13.9 Å². The molecule has 1 unspecified atom stereocenters. The van der Waals surface area contributed by atoms with Crippen molar-refractivity contribution in [1.29, 1.82) is 0 Å². The van der Waals surface area contributed by atoms with Crippen molar-refractivity contribution in [3.8, 4) is 0 Å². The van der Waals surface area contributed by atoms with Gasteiger partial charge in [-0.05, 0) is 37.4 Å². The highest BCUT2D eigenvalue weighted by molar-refractivity contribution is 6.35. The first-order chi connectivity index (χ1) is 11.0. The van der Waals surface area contributed by atoms with E-state index in [9.17, 15) is 9.18 Å².